The Morgan fingerprint density at radius 2 is 1.74 bits per heavy atom. The zero-order valence-corrected chi connectivity index (χ0v) is 14.0. The van der Waals surface area contributed by atoms with E-state index in [0.717, 1.165) is 31.5 Å². The minimum Gasteiger partial charge on any atom is -0.454 e. The van der Waals surface area contributed by atoms with Crippen molar-refractivity contribution in [2.45, 2.75) is 32.7 Å². The summed E-state index contributed by atoms with van der Waals surface area (Å²) >= 11 is 0. The number of amides is 1. The number of benzene rings is 1. The van der Waals surface area contributed by atoms with E-state index in [1.54, 1.807) is 4.90 Å². The molecule has 1 aliphatic rings. The van der Waals surface area contributed by atoms with Crippen molar-refractivity contribution in [3.63, 3.8) is 0 Å². The fraction of sp³-hybridized carbons (Fsp3) is 0.556. The van der Waals surface area contributed by atoms with Gasteiger partial charge in [-0.1, -0.05) is 30.3 Å². The van der Waals surface area contributed by atoms with Crippen LogP contribution in [-0.2, 0) is 14.3 Å². The third kappa shape index (κ3) is 4.55. The van der Waals surface area contributed by atoms with Crippen molar-refractivity contribution < 1.29 is 14.3 Å². The number of carbonyl (C=O) groups is 2. The van der Waals surface area contributed by atoms with E-state index in [-0.39, 0.29) is 18.5 Å². The van der Waals surface area contributed by atoms with Crippen LogP contribution < -0.4 is 0 Å². The van der Waals surface area contributed by atoms with Gasteiger partial charge in [0, 0.05) is 13.1 Å². The predicted molar refractivity (Wildman–Crippen MR) is 88.9 cm³/mol. The van der Waals surface area contributed by atoms with Crippen molar-refractivity contribution >= 4 is 11.9 Å². The maximum Gasteiger partial charge on any atom is 0.328 e. The summed E-state index contributed by atoms with van der Waals surface area (Å²) in [7, 11) is 0. The summed E-state index contributed by atoms with van der Waals surface area (Å²) in [5.41, 5.74) is 0.926. The van der Waals surface area contributed by atoms with Crippen molar-refractivity contribution in [3.8, 4) is 0 Å². The number of ether oxygens (including phenoxy) is 1. The molecule has 1 aromatic rings. The number of likely N-dealkylation sites (tertiary alicyclic amines) is 1. The molecule has 0 bridgehead atoms. The fourth-order valence-electron chi connectivity index (χ4n) is 3.01. The molecule has 5 heteroatoms. The standard InChI is InChI=1S/C18H26N2O3/c1-3-19(4-2)16(21)14-23-18(22)17(20-12-8-9-13-20)15-10-6-5-7-11-15/h5-7,10-11,17H,3-4,8-9,12-14H2,1-2H3. The van der Waals surface area contributed by atoms with Crippen LogP contribution in [0.3, 0.4) is 0 Å². The van der Waals surface area contributed by atoms with Crippen molar-refractivity contribution in [2.75, 3.05) is 32.8 Å². The van der Waals surface area contributed by atoms with Crippen LogP contribution in [0.1, 0.15) is 38.3 Å². The molecule has 1 heterocycles. The van der Waals surface area contributed by atoms with Gasteiger partial charge in [-0.05, 0) is 45.3 Å². The molecule has 126 valence electrons. The molecule has 5 nitrogen and oxygen atoms in total. The Morgan fingerprint density at radius 3 is 2.30 bits per heavy atom. The van der Waals surface area contributed by atoms with Gasteiger partial charge in [-0.2, -0.15) is 0 Å². The first-order valence-corrected chi connectivity index (χ1v) is 8.40. The second-order valence-corrected chi connectivity index (χ2v) is 5.73. The summed E-state index contributed by atoms with van der Waals surface area (Å²) in [5, 5.41) is 0. The third-order valence-corrected chi connectivity index (χ3v) is 4.30. The Labute approximate surface area is 138 Å². The molecule has 0 N–H and O–H groups in total. The first-order chi connectivity index (χ1) is 11.2. The molecule has 1 atom stereocenters. The smallest absolute Gasteiger partial charge is 0.328 e. The van der Waals surface area contributed by atoms with Gasteiger partial charge in [-0.25, -0.2) is 4.79 Å². The van der Waals surface area contributed by atoms with Gasteiger partial charge >= 0.3 is 5.97 Å². The van der Waals surface area contributed by atoms with E-state index < -0.39 is 6.04 Å². The van der Waals surface area contributed by atoms with Gasteiger partial charge < -0.3 is 9.64 Å². The SMILES string of the molecule is CCN(CC)C(=O)COC(=O)C(c1ccccc1)N1CCCC1. The Hall–Kier alpha value is -1.88. The first-order valence-electron chi connectivity index (χ1n) is 8.40. The molecule has 0 aliphatic carbocycles. The van der Waals surface area contributed by atoms with Gasteiger partial charge in [0.25, 0.3) is 5.91 Å². The van der Waals surface area contributed by atoms with Crippen LogP contribution in [-0.4, -0.2) is 54.5 Å². The van der Waals surface area contributed by atoms with Gasteiger partial charge in [-0.15, -0.1) is 0 Å². The van der Waals surface area contributed by atoms with Crippen LogP contribution in [0.2, 0.25) is 0 Å². The Kier molecular flexibility index (Phi) is 6.59. The molecule has 0 aromatic heterocycles. The average molecular weight is 318 g/mol. The molecule has 1 saturated heterocycles. The third-order valence-electron chi connectivity index (χ3n) is 4.30. The summed E-state index contributed by atoms with van der Waals surface area (Å²) in [6, 6.07) is 9.25. The number of rotatable bonds is 7. The molecule has 0 saturated carbocycles. The van der Waals surface area contributed by atoms with E-state index in [2.05, 4.69) is 4.90 Å². The van der Waals surface area contributed by atoms with Gasteiger partial charge in [0.15, 0.2) is 6.61 Å². The van der Waals surface area contributed by atoms with Crippen molar-refractivity contribution in [3.05, 3.63) is 35.9 Å². The maximum absolute atomic E-state index is 12.6. The lowest BCUT2D eigenvalue weighted by Crippen LogP contribution is -2.37. The van der Waals surface area contributed by atoms with Gasteiger partial charge in [-0.3, -0.25) is 9.69 Å². The molecule has 1 aliphatic heterocycles. The number of likely N-dealkylation sites (N-methyl/N-ethyl adjacent to an activating group) is 1. The van der Waals surface area contributed by atoms with Crippen LogP contribution in [0.5, 0.6) is 0 Å². The molecule has 0 spiro atoms. The monoisotopic (exact) mass is 318 g/mol. The zero-order valence-electron chi connectivity index (χ0n) is 14.0. The van der Waals surface area contributed by atoms with E-state index in [0.29, 0.717) is 13.1 Å². The molecule has 1 aromatic carbocycles. The van der Waals surface area contributed by atoms with Crippen LogP contribution in [0.4, 0.5) is 0 Å². The highest BCUT2D eigenvalue weighted by Gasteiger charge is 2.31. The fourth-order valence-corrected chi connectivity index (χ4v) is 3.01. The average Bonchev–Trinajstić information content (AvgIpc) is 3.09. The number of esters is 1. The minimum atomic E-state index is -0.414. The second-order valence-electron chi connectivity index (χ2n) is 5.73. The van der Waals surface area contributed by atoms with Crippen LogP contribution in [0, 0.1) is 0 Å². The van der Waals surface area contributed by atoms with Crippen molar-refractivity contribution in [1.82, 2.24) is 9.80 Å². The normalized spacial score (nSPS) is 16.1. The van der Waals surface area contributed by atoms with Crippen LogP contribution in [0.15, 0.2) is 30.3 Å². The summed E-state index contributed by atoms with van der Waals surface area (Å²) in [6.07, 6.45) is 2.18. The van der Waals surface area contributed by atoms with Crippen LogP contribution in [0.25, 0.3) is 0 Å². The summed E-state index contributed by atoms with van der Waals surface area (Å²) in [6.45, 7) is 6.68. The first kappa shape index (κ1) is 17.5. The van der Waals surface area contributed by atoms with E-state index in [1.807, 2.05) is 44.2 Å². The highest BCUT2D eigenvalue weighted by atomic mass is 16.5. The van der Waals surface area contributed by atoms with Crippen molar-refractivity contribution in [1.29, 1.82) is 0 Å². The van der Waals surface area contributed by atoms with E-state index in [1.165, 1.54) is 0 Å². The summed E-state index contributed by atoms with van der Waals surface area (Å²) in [4.78, 5) is 28.4. The largest absolute Gasteiger partial charge is 0.454 e. The topological polar surface area (TPSA) is 49.9 Å². The van der Waals surface area contributed by atoms with E-state index in [4.69, 9.17) is 4.74 Å². The molecule has 1 fully saturated rings. The molecule has 1 amide bonds. The molecule has 23 heavy (non-hydrogen) atoms. The summed E-state index contributed by atoms with van der Waals surface area (Å²) in [5.74, 6) is -0.477. The highest BCUT2D eigenvalue weighted by molar-refractivity contribution is 5.83. The molecular formula is C18H26N2O3. The Bertz CT molecular complexity index is 508. The van der Waals surface area contributed by atoms with Gasteiger partial charge in [0.05, 0.1) is 0 Å². The second kappa shape index (κ2) is 8.67. The number of hydrogen-bond acceptors (Lipinski definition) is 4. The Balaban J connectivity index is 2.04. The number of hydrogen-bond donors (Lipinski definition) is 0. The quantitative estimate of drug-likeness (QED) is 0.724. The number of nitrogens with zero attached hydrogens (tertiary/aromatic N) is 2. The highest BCUT2D eigenvalue weighted by Crippen LogP contribution is 2.26. The molecule has 2 rings (SSSR count). The zero-order chi connectivity index (χ0) is 16.7. The summed E-state index contributed by atoms with van der Waals surface area (Å²) < 4.78 is 5.35. The van der Waals surface area contributed by atoms with Crippen LogP contribution >= 0.6 is 0 Å². The minimum absolute atomic E-state index is 0.142. The van der Waals surface area contributed by atoms with Crippen molar-refractivity contribution in [2.24, 2.45) is 0 Å². The Morgan fingerprint density at radius 1 is 1.13 bits per heavy atom. The lowest BCUT2D eigenvalue weighted by Gasteiger charge is -2.26. The van der Waals surface area contributed by atoms with Gasteiger partial charge in [0.1, 0.15) is 6.04 Å². The lowest BCUT2D eigenvalue weighted by atomic mass is 10.1. The lowest BCUT2D eigenvalue weighted by molar-refractivity contribution is -0.156. The predicted octanol–water partition coefficient (Wildman–Crippen LogP) is 2.24. The number of carbonyl (C=O) groups excluding carboxylic acids is 2. The molecule has 1 unspecified atom stereocenters. The maximum atomic E-state index is 12.6. The van der Waals surface area contributed by atoms with E-state index >= 15 is 0 Å². The van der Waals surface area contributed by atoms with E-state index in [9.17, 15) is 9.59 Å². The van der Waals surface area contributed by atoms with Gasteiger partial charge in [0.2, 0.25) is 0 Å². The molecule has 0 radical (unpaired) electrons. The molecular weight excluding hydrogens is 292 g/mol.